The molecule has 102 valence electrons. The quantitative estimate of drug-likeness (QED) is 0.873. The Morgan fingerprint density at radius 2 is 1.95 bits per heavy atom. The van der Waals surface area contributed by atoms with Gasteiger partial charge in [-0.3, -0.25) is 0 Å². The lowest BCUT2D eigenvalue weighted by Gasteiger charge is -2.09. The molecule has 0 spiro atoms. The third-order valence-electron chi connectivity index (χ3n) is 2.58. The SMILES string of the molecule is NCCc1cc(F)ccc1-n1ccc(C(F)(F)F)n1. The summed E-state index contributed by atoms with van der Waals surface area (Å²) in [5.74, 6) is -0.463. The van der Waals surface area contributed by atoms with E-state index < -0.39 is 17.7 Å². The summed E-state index contributed by atoms with van der Waals surface area (Å²) in [6, 6.07) is 4.67. The van der Waals surface area contributed by atoms with Gasteiger partial charge in [0.15, 0.2) is 5.69 Å². The van der Waals surface area contributed by atoms with E-state index in [2.05, 4.69) is 5.10 Å². The molecule has 0 saturated heterocycles. The van der Waals surface area contributed by atoms with Crippen LogP contribution in [0.1, 0.15) is 11.3 Å². The lowest BCUT2D eigenvalue weighted by atomic mass is 10.1. The van der Waals surface area contributed by atoms with Gasteiger partial charge < -0.3 is 5.73 Å². The summed E-state index contributed by atoms with van der Waals surface area (Å²) in [5.41, 5.74) is 5.31. The van der Waals surface area contributed by atoms with E-state index >= 15 is 0 Å². The molecule has 19 heavy (non-hydrogen) atoms. The smallest absolute Gasteiger partial charge is 0.330 e. The Morgan fingerprint density at radius 1 is 1.21 bits per heavy atom. The summed E-state index contributed by atoms with van der Waals surface area (Å²) in [6.07, 6.45) is -2.95. The molecule has 0 aliphatic heterocycles. The monoisotopic (exact) mass is 273 g/mol. The van der Waals surface area contributed by atoms with Crippen LogP contribution in [-0.4, -0.2) is 16.3 Å². The predicted molar refractivity (Wildman–Crippen MR) is 61.3 cm³/mol. The lowest BCUT2D eigenvalue weighted by Crippen LogP contribution is -2.10. The van der Waals surface area contributed by atoms with Gasteiger partial charge in [0.25, 0.3) is 0 Å². The van der Waals surface area contributed by atoms with Crippen LogP contribution in [0.5, 0.6) is 0 Å². The third kappa shape index (κ3) is 2.93. The van der Waals surface area contributed by atoms with Crippen LogP contribution < -0.4 is 5.73 Å². The zero-order chi connectivity index (χ0) is 14.0. The van der Waals surface area contributed by atoms with E-state index in [1.54, 1.807) is 0 Å². The number of hydrogen-bond acceptors (Lipinski definition) is 2. The average Bonchev–Trinajstić information content (AvgIpc) is 2.78. The van der Waals surface area contributed by atoms with Crippen LogP contribution in [0.3, 0.4) is 0 Å². The van der Waals surface area contributed by atoms with Gasteiger partial charge in [0, 0.05) is 6.20 Å². The molecule has 0 aliphatic rings. The third-order valence-corrected chi connectivity index (χ3v) is 2.58. The van der Waals surface area contributed by atoms with Crippen LogP contribution in [0.15, 0.2) is 30.5 Å². The first kappa shape index (κ1) is 13.5. The maximum Gasteiger partial charge on any atom is 0.435 e. The first-order valence-electron chi connectivity index (χ1n) is 5.53. The largest absolute Gasteiger partial charge is 0.435 e. The lowest BCUT2D eigenvalue weighted by molar-refractivity contribution is -0.141. The molecule has 0 amide bonds. The molecule has 0 bridgehead atoms. The fourth-order valence-electron chi connectivity index (χ4n) is 1.74. The van der Waals surface area contributed by atoms with Gasteiger partial charge in [-0.1, -0.05) is 0 Å². The molecule has 3 nitrogen and oxygen atoms in total. The summed E-state index contributed by atoms with van der Waals surface area (Å²) in [6.45, 7) is 0.268. The van der Waals surface area contributed by atoms with E-state index in [0.29, 0.717) is 17.7 Å². The predicted octanol–water partition coefficient (Wildman–Crippen LogP) is 2.53. The van der Waals surface area contributed by atoms with Crippen LogP contribution in [0.2, 0.25) is 0 Å². The molecule has 0 unspecified atom stereocenters. The fraction of sp³-hybridized carbons (Fsp3) is 0.250. The molecule has 1 heterocycles. The van der Waals surface area contributed by atoms with Gasteiger partial charge in [-0.05, 0) is 42.8 Å². The Labute approximate surface area is 106 Å². The van der Waals surface area contributed by atoms with Gasteiger partial charge >= 0.3 is 6.18 Å². The molecule has 0 atom stereocenters. The van der Waals surface area contributed by atoms with E-state index in [9.17, 15) is 17.6 Å². The minimum atomic E-state index is -4.50. The second-order valence-electron chi connectivity index (χ2n) is 3.96. The van der Waals surface area contributed by atoms with E-state index in [1.165, 1.54) is 24.4 Å². The normalized spacial score (nSPS) is 11.8. The maximum absolute atomic E-state index is 13.1. The Kier molecular flexibility index (Phi) is 3.57. The number of halogens is 4. The molecule has 2 N–H and O–H groups in total. The number of aromatic nitrogens is 2. The van der Waals surface area contributed by atoms with Gasteiger partial charge in [0.05, 0.1) is 5.69 Å². The highest BCUT2D eigenvalue weighted by Gasteiger charge is 2.33. The van der Waals surface area contributed by atoms with Gasteiger partial charge in [0.1, 0.15) is 5.82 Å². The minimum Gasteiger partial charge on any atom is -0.330 e. The molecule has 0 fully saturated rings. The highest BCUT2D eigenvalue weighted by atomic mass is 19.4. The molecule has 1 aromatic heterocycles. The Morgan fingerprint density at radius 3 is 2.53 bits per heavy atom. The van der Waals surface area contributed by atoms with E-state index in [1.807, 2.05) is 0 Å². The van der Waals surface area contributed by atoms with Crippen molar-refractivity contribution < 1.29 is 17.6 Å². The summed E-state index contributed by atoms with van der Waals surface area (Å²) >= 11 is 0. The van der Waals surface area contributed by atoms with Crippen molar-refractivity contribution in [3.63, 3.8) is 0 Å². The average molecular weight is 273 g/mol. The number of nitrogens with zero attached hydrogens (tertiary/aromatic N) is 2. The first-order chi connectivity index (χ1) is 8.91. The fourth-order valence-corrected chi connectivity index (χ4v) is 1.74. The van der Waals surface area contributed by atoms with Crippen LogP contribution in [0, 0.1) is 5.82 Å². The molecular weight excluding hydrogens is 262 g/mol. The Balaban J connectivity index is 2.44. The number of nitrogens with two attached hydrogens (primary N) is 1. The molecule has 2 rings (SSSR count). The van der Waals surface area contributed by atoms with Crippen molar-refractivity contribution in [2.45, 2.75) is 12.6 Å². The van der Waals surface area contributed by atoms with Crippen molar-refractivity contribution in [2.75, 3.05) is 6.54 Å². The van der Waals surface area contributed by atoms with Crippen LogP contribution >= 0.6 is 0 Å². The van der Waals surface area contributed by atoms with Gasteiger partial charge in [-0.25, -0.2) is 9.07 Å². The summed E-state index contributed by atoms with van der Waals surface area (Å²) in [7, 11) is 0. The van der Waals surface area contributed by atoms with Crippen LogP contribution in [-0.2, 0) is 12.6 Å². The molecular formula is C12H11F4N3. The highest BCUT2D eigenvalue weighted by molar-refractivity contribution is 5.41. The van der Waals surface area contributed by atoms with E-state index in [-0.39, 0.29) is 6.54 Å². The Hall–Kier alpha value is -1.89. The maximum atomic E-state index is 13.1. The molecule has 0 radical (unpaired) electrons. The van der Waals surface area contributed by atoms with Gasteiger partial charge in [-0.2, -0.15) is 18.3 Å². The summed E-state index contributed by atoms with van der Waals surface area (Å²) < 4.78 is 51.6. The van der Waals surface area contributed by atoms with Crippen molar-refractivity contribution in [3.8, 4) is 5.69 Å². The van der Waals surface area contributed by atoms with E-state index in [4.69, 9.17) is 5.73 Å². The van der Waals surface area contributed by atoms with Gasteiger partial charge in [-0.15, -0.1) is 0 Å². The van der Waals surface area contributed by atoms with Gasteiger partial charge in [0.2, 0.25) is 0 Å². The number of hydrogen-bond donors (Lipinski definition) is 1. The number of rotatable bonds is 3. The zero-order valence-corrected chi connectivity index (χ0v) is 9.78. The number of alkyl halides is 3. The standard InChI is InChI=1S/C12H11F4N3/c13-9-1-2-10(8(7-9)3-5-17)19-6-4-11(18-19)12(14,15)16/h1-2,4,6-7H,3,5,17H2. The minimum absolute atomic E-state index is 0.268. The van der Waals surface area contributed by atoms with Crippen LogP contribution in [0.25, 0.3) is 5.69 Å². The molecule has 0 aliphatic carbocycles. The number of benzene rings is 1. The molecule has 0 saturated carbocycles. The second-order valence-corrected chi connectivity index (χ2v) is 3.96. The second kappa shape index (κ2) is 5.00. The Bertz CT molecular complexity index is 575. The van der Waals surface area contributed by atoms with Crippen LogP contribution in [0.4, 0.5) is 17.6 Å². The van der Waals surface area contributed by atoms with Crippen molar-refractivity contribution in [3.05, 3.63) is 47.5 Å². The molecule has 7 heteroatoms. The van der Waals surface area contributed by atoms with Crippen molar-refractivity contribution in [1.29, 1.82) is 0 Å². The summed E-state index contributed by atoms with van der Waals surface area (Å²) in [5, 5.41) is 3.45. The van der Waals surface area contributed by atoms with Crippen molar-refractivity contribution >= 4 is 0 Å². The topological polar surface area (TPSA) is 43.8 Å². The molecule has 2 aromatic rings. The summed E-state index contributed by atoms with van der Waals surface area (Å²) in [4.78, 5) is 0. The van der Waals surface area contributed by atoms with E-state index in [0.717, 1.165) is 10.7 Å². The van der Waals surface area contributed by atoms with Crippen molar-refractivity contribution in [2.24, 2.45) is 5.73 Å². The molecule has 1 aromatic carbocycles. The highest BCUT2D eigenvalue weighted by Crippen LogP contribution is 2.28. The zero-order valence-electron chi connectivity index (χ0n) is 9.78. The first-order valence-corrected chi connectivity index (χ1v) is 5.53. The van der Waals surface area contributed by atoms with Crippen molar-refractivity contribution in [1.82, 2.24) is 9.78 Å².